The van der Waals surface area contributed by atoms with Crippen LogP contribution in [0.1, 0.15) is 31.1 Å². The summed E-state index contributed by atoms with van der Waals surface area (Å²) in [5.41, 5.74) is 0. The van der Waals surface area contributed by atoms with Crippen molar-refractivity contribution < 1.29 is 4.79 Å². The van der Waals surface area contributed by atoms with Crippen molar-refractivity contribution in [3.05, 3.63) is 21.3 Å². The zero-order valence-corrected chi connectivity index (χ0v) is 8.71. The van der Waals surface area contributed by atoms with Gasteiger partial charge in [-0.3, -0.25) is 0 Å². The van der Waals surface area contributed by atoms with E-state index < -0.39 is 0 Å². The van der Waals surface area contributed by atoms with Crippen LogP contribution in [0.4, 0.5) is 0 Å². The summed E-state index contributed by atoms with van der Waals surface area (Å²) in [5, 5.41) is 0. The molecule has 1 unspecified atom stereocenters. The standard InChI is InChI=1S/C9H11ClOS/c1-6(5-7(2)11)8-3-4-9(10)12-8/h3-4,6H,5H2,1-2H3. The second kappa shape index (κ2) is 4.06. The Hall–Kier alpha value is -0.340. The fraction of sp³-hybridized carbons (Fsp3) is 0.444. The third kappa shape index (κ3) is 2.61. The number of hydrogen-bond acceptors (Lipinski definition) is 2. The molecule has 0 aliphatic heterocycles. The monoisotopic (exact) mass is 202 g/mol. The van der Waals surface area contributed by atoms with Crippen LogP contribution in [0.25, 0.3) is 0 Å². The number of carbonyl (C=O) groups is 1. The predicted molar refractivity (Wildman–Crippen MR) is 53.0 cm³/mol. The fourth-order valence-corrected chi connectivity index (χ4v) is 2.24. The number of thiophene rings is 1. The van der Waals surface area contributed by atoms with Gasteiger partial charge in [-0.05, 0) is 25.0 Å². The van der Waals surface area contributed by atoms with Crippen LogP contribution < -0.4 is 0 Å². The molecule has 1 aromatic rings. The van der Waals surface area contributed by atoms with Crippen molar-refractivity contribution in [1.82, 2.24) is 0 Å². The molecule has 1 atom stereocenters. The summed E-state index contributed by atoms with van der Waals surface area (Å²) < 4.78 is 0.792. The van der Waals surface area contributed by atoms with Gasteiger partial charge in [0.1, 0.15) is 5.78 Å². The van der Waals surface area contributed by atoms with E-state index in [-0.39, 0.29) is 5.78 Å². The van der Waals surface area contributed by atoms with Gasteiger partial charge in [-0.2, -0.15) is 0 Å². The van der Waals surface area contributed by atoms with Gasteiger partial charge < -0.3 is 4.79 Å². The van der Waals surface area contributed by atoms with Crippen molar-refractivity contribution in [2.24, 2.45) is 0 Å². The second-order valence-electron chi connectivity index (χ2n) is 2.95. The van der Waals surface area contributed by atoms with Crippen LogP contribution in [0.2, 0.25) is 4.34 Å². The molecule has 1 aromatic heterocycles. The highest BCUT2D eigenvalue weighted by atomic mass is 35.5. The molecule has 1 heterocycles. The van der Waals surface area contributed by atoms with Crippen LogP contribution in [-0.2, 0) is 4.79 Å². The van der Waals surface area contributed by atoms with Gasteiger partial charge in [0.05, 0.1) is 4.34 Å². The first-order valence-electron chi connectivity index (χ1n) is 3.84. The Morgan fingerprint density at radius 1 is 1.67 bits per heavy atom. The highest BCUT2D eigenvalue weighted by molar-refractivity contribution is 7.16. The van der Waals surface area contributed by atoms with Crippen molar-refractivity contribution >= 4 is 28.7 Å². The number of carbonyl (C=O) groups excluding carboxylic acids is 1. The summed E-state index contributed by atoms with van der Waals surface area (Å²) in [5.74, 6) is 0.534. The molecule has 1 rings (SSSR count). The SMILES string of the molecule is CC(=O)CC(C)c1ccc(Cl)s1. The molecule has 0 aliphatic rings. The van der Waals surface area contributed by atoms with E-state index in [4.69, 9.17) is 11.6 Å². The molecular formula is C9H11ClOS. The summed E-state index contributed by atoms with van der Waals surface area (Å²) in [6.07, 6.45) is 0.608. The molecule has 0 bridgehead atoms. The van der Waals surface area contributed by atoms with Crippen LogP contribution in [0.15, 0.2) is 12.1 Å². The minimum absolute atomic E-state index is 0.229. The van der Waals surface area contributed by atoms with Crippen molar-refractivity contribution in [2.75, 3.05) is 0 Å². The second-order valence-corrected chi connectivity index (χ2v) is 4.70. The molecule has 0 radical (unpaired) electrons. The lowest BCUT2D eigenvalue weighted by molar-refractivity contribution is -0.117. The molecule has 0 aliphatic carbocycles. The first-order valence-corrected chi connectivity index (χ1v) is 5.03. The van der Waals surface area contributed by atoms with E-state index in [0.717, 1.165) is 4.34 Å². The zero-order valence-electron chi connectivity index (χ0n) is 7.13. The molecule has 0 spiro atoms. The number of rotatable bonds is 3. The lowest BCUT2D eigenvalue weighted by atomic mass is 10.0. The van der Waals surface area contributed by atoms with Crippen molar-refractivity contribution in [1.29, 1.82) is 0 Å². The summed E-state index contributed by atoms with van der Waals surface area (Å²) in [7, 11) is 0. The van der Waals surface area contributed by atoms with E-state index in [9.17, 15) is 4.79 Å². The first-order chi connectivity index (χ1) is 5.59. The molecule has 3 heteroatoms. The maximum atomic E-state index is 10.8. The Kier molecular flexibility index (Phi) is 3.29. The smallest absolute Gasteiger partial charge is 0.130 e. The molecule has 66 valence electrons. The summed E-state index contributed by atoms with van der Waals surface area (Å²) in [4.78, 5) is 12.0. The van der Waals surface area contributed by atoms with Crippen LogP contribution in [-0.4, -0.2) is 5.78 Å². The maximum Gasteiger partial charge on any atom is 0.130 e. The van der Waals surface area contributed by atoms with Crippen molar-refractivity contribution in [3.8, 4) is 0 Å². The Morgan fingerprint density at radius 2 is 2.33 bits per heavy atom. The minimum Gasteiger partial charge on any atom is -0.300 e. The van der Waals surface area contributed by atoms with Crippen LogP contribution >= 0.6 is 22.9 Å². The molecule has 12 heavy (non-hydrogen) atoms. The third-order valence-corrected chi connectivity index (χ3v) is 3.14. The number of halogens is 1. The molecule has 0 N–H and O–H groups in total. The van der Waals surface area contributed by atoms with E-state index in [1.165, 1.54) is 4.88 Å². The van der Waals surface area contributed by atoms with Gasteiger partial charge in [0.25, 0.3) is 0 Å². The van der Waals surface area contributed by atoms with Gasteiger partial charge in [0.2, 0.25) is 0 Å². The predicted octanol–water partition coefficient (Wildman–Crippen LogP) is 3.48. The van der Waals surface area contributed by atoms with Crippen LogP contribution in [0.5, 0.6) is 0 Å². The average molecular weight is 203 g/mol. The summed E-state index contributed by atoms with van der Waals surface area (Å²) in [6, 6.07) is 3.86. The lowest BCUT2D eigenvalue weighted by Crippen LogP contribution is -1.97. The molecule has 0 aromatic carbocycles. The Morgan fingerprint density at radius 3 is 2.75 bits per heavy atom. The van der Waals surface area contributed by atoms with E-state index in [1.54, 1.807) is 18.3 Å². The highest BCUT2D eigenvalue weighted by Gasteiger charge is 2.09. The largest absolute Gasteiger partial charge is 0.300 e. The number of Topliss-reactive ketones (excluding diaryl/α,β-unsaturated/α-hetero) is 1. The van der Waals surface area contributed by atoms with Crippen LogP contribution in [0, 0.1) is 0 Å². The average Bonchev–Trinajstić information content (AvgIpc) is 2.34. The third-order valence-electron chi connectivity index (χ3n) is 1.67. The van der Waals surface area contributed by atoms with Gasteiger partial charge in [0, 0.05) is 11.3 Å². The number of ketones is 1. The van der Waals surface area contributed by atoms with Crippen molar-refractivity contribution in [3.63, 3.8) is 0 Å². The highest BCUT2D eigenvalue weighted by Crippen LogP contribution is 2.29. The Balaban J connectivity index is 2.64. The molecule has 0 saturated carbocycles. The fourth-order valence-electron chi connectivity index (χ4n) is 1.12. The molecule has 0 fully saturated rings. The van der Waals surface area contributed by atoms with Crippen molar-refractivity contribution in [2.45, 2.75) is 26.2 Å². The number of hydrogen-bond donors (Lipinski definition) is 0. The quantitative estimate of drug-likeness (QED) is 0.734. The lowest BCUT2D eigenvalue weighted by Gasteiger charge is -2.04. The maximum absolute atomic E-state index is 10.8. The van der Waals surface area contributed by atoms with Gasteiger partial charge >= 0.3 is 0 Å². The summed E-state index contributed by atoms with van der Waals surface area (Å²) >= 11 is 7.33. The van der Waals surface area contributed by atoms with E-state index in [0.29, 0.717) is 12.3 Å². The van der Waals surface area contributed by atoms with Gasteiger partial charge in [-0.15, -0.1) is 11.3 Å². The molecule has 0 amide bonds. The zero-order chi connectivity index (χ0) is 9.14. The Bertz CT molecular complexity index is 280. The Labute approximate surface area is 81.4 Å². The molecule has 1 nitrogen and oxygen atoms in total. The molecule has 0 saturated heterocycles. The summed E-state index contributed by atoms with van der Waals surface area (Å²) in [6.45, 7) is 3.66. The van der Waals surface area contributed by atoms with E-state index in [2.05, 4.69) is 0 Å². The normalized spacial score (nSPS) is 12.9. The minimum atomic E-state index is 0.229. The van der Waals surface area contributed by atoms with Crippen LogP contribution in [0.3, 0.4) is 0 Å². The van der Waals surface area contributed by atoms with Gasteiger partial charge in [-0.25, -0.2) is 0 Å². The van der Waals surface area contributed by atoms with E-state index >= 15 is 0 Å². The first kappa shape index (κ1) is 9.75. The van der Waals surface area contributed by atoms with Gasteiger partial charge in [0.15, 0.2) is 0 Å². The molecular weight excluding hydrogens is 192 g/mol. The topological polar surface area (TPSA) is 17.1 Å². The van der Waals surface area contributed by atoms with E-state index in [1.807, 2.05) is 19.1 Å². The van der Waals surface area contributed by atoms with Gasteiger partial charge in [-0.1, -0.05) is 18.5 Å².